The molecule has 0 amide bonds. The van der Waals surface area contributed by atoms with Crippen LogP contribution in [0.2, 0.25) is 15.1 Å². The van der Waals surface area contributed by atoms with Gasteiger partial charge in [0.2, 0.25) is 0 Å². The van der Waals surface area contributed by atoms with E-state index in [2.05, 4.69) is 4.98 Å². The van der Waals surface area contributed by atoms with Gasteiger partial charge in [0.15, 0.2) is 0 Å². The standard InChI is InChI=1S/C9H10Cl3N/c1-3-5-7(10)9(12)8(11)6(4-2)13-5/h3-4H2,1-2H3. The van der Waals surface area contributed by atoms with Crippen LogP contribution in [0.25, 0.3) is 0 Å². The van der Waals surface area contributed by atoms with Crippen LogP contribution in [-0.4, -0.2) is 4.98 Å². The Morgan fingerprint density at radius 2 is 1.23 bits per heavy atom. The van der Waals surface area contributed by atoms with E-state index in [0.717, 1.165) is 24.2 Å². The van der Waals surface area contributed by atoms with Gasteiger partial charge in [-0.3, -0.25) is 4.98 Å². The van der Waals surface area contributed by atoms with Crippen molar-refractivity contribution in [2.75, 3.05) is 0 Å². The van der Waals surface area contributed by atoms with Crippen molar-refractivity contribution in [2.24, 2.45) is 0 Å². The van der Waals surface area contributed by atoms with Gasteiger partial charge in [-0.25, -0.2) is 0 Å². The third-order valence-electron chi connectivity index (χ3n) is 1.83. The lowest BCUT2D eigenvalue weighted by Gasteiger charge is -2.08. The predicted octanol–water partition coefficient (Wildman–Crippen LogP) is 4.17. The van der Waals surface area contributed by atoms with Crippen LogP contribution in [-0.2, 0) is 12.8 Å². The zero-order valence-corrected chi connectivity index (χ0v) is 9.76. The topological polar surface area (TPSA) is 12.9 Å². The maximum Gasteiger partial charge on any atom is 0.0822 e. The largest absolute Gasteiger partial charge is 0.255 e. The molecule has 0 unspecified atom stereocenters. The highest BCUT2D eigenvalue weighted by atomic mass is 35.5. The highest BCUT2D eigenvalue weighted by Gasteiger charge is 2.13. The van der Waals surface area contributed by atoms with Crippen LogP contribution in [0.15, 0.2) is 0 Å². The molecule has 1 heterocycles. The zero-order chi connectivity index (χ0) is 10.0. The van der Waals surface area contributed by atoms with Crippen molar-refractivity contribution in [1.82, 2.24) is 4.98 Å². The van der Waals surface area contributed by atoms with Crippen LogP contribution in [0.3, 0.4) is 0 Å². The predicted molar refractivity (Wildman–Crippen MR) is 58.0 cm³/mol. The fourth-order valence-corrected chi connectivity index (χ4v) is 1.89. The summed E-state index contributed by atoms with van der Waals surface area (Å²) in [5.41, 5.74) is 1.63. The number of rotatable bonds is 2. The smallest absolute Gasteiger partial charge is 0.0822 e. The van der Waals surface area contributed by atoms with Gasteiger partial charge in [-0.15, -0.1) is 0 Å². The lowest BCUT2D eigenvalue weighted by atomic mass is 10.2. The Morgan fingerprint density at radius 1 is 0.846 bits per heavy atom. The number of nitrogens with zero attached hydrogens (tertiary/aromatic N) is 1. The Labute approximate surface area is 93.0 Å². The lowest BCUT2D eigenvalue weighted by molar-refractivity contribution is 0.955. The fraction of sp³-hybridized carbons (Fsp3) is 0.444. The number of hydrogen-bond donors (Lipinski definition) is 0. The van der Waals surface area contributed by atoms with Crippen LogP contribution in [0.1, 0.15) is 25.2 Å². The Balaban J connectivity index is 3.36. The molecular weight excluding hydrogens is 228 g/mol. The number of aromatic nitrogens is 1. The number of aryl methyl sites for hydroxylation is 2. The molecule has 0 aliphatic carbocycles. The van der Waals surface area contributed by atoms with E-state index >= 15 is 0 Å². The van der Waals surface area contributed by atoms with Gasteiger partial charge < -0.3 is 0 Å². The van der Waals surface area contributed by atoms with E-state index in [1.165, 1.54) is 0 Å². The molecule has 1 nitrogen and oxygen atoms in total. The third-order valence-corrected chi connectivity index (χ3v) is 3.22. The second-order valence-electron chi connectivity index (χ2n) is 2.65. The Morgan fingerprint density at radius 3 is 1.54 bits per heavy atom. The molecule has 0 saturated heterocycles. The molecule has 4 heteroatoms. The summed E-state index contributed by atoms with van der Waals surface area (Å²) in [5.74, 6) is 0. The van der Waals surface area contributed by atoms with Gasteiger partial charge in [-0.1, -0.05) is 48.7 Å². The van der Waals surface area contributed by atoms with Crippen LogP contribution >= 0.6 is 34.8 Å². The van der Waals surface area contributed by atoms with Gasteiger partial charge in [-0.05, 0) is 12.8 Å². The van der Waals surface area contributed by atoms with E-state index in [-0.39, 0.29) is 0 Å². The molecule has 1 rings (SSSR count). The normalized spacial score (nSPS) is 10.5. The van der Waals surface area contributed by atoms with Crippen LogP contribution in [0, 0.1) is 0 Å². The SMILES string of the molecule is CCc1nc(CC)c(Cl)c(Cl)c1Cl. The maximum absolute atomic E-state index is 5.95. The molecule has 0 fully saturated rings. The fourth-order valence-electron chi connectivity index (χ4n) is 1.08. The van der Waals surface area contributed by atoms with Crippen molar-refractivity contribution < 1.29 is 0 Å². The molecule has 13 heavy (non-hydrogen) atoms. The lowest BCUT2D eigenvalue weighted by Crippen LogP contribution is -1.97. The first-order valence-corrected chi connectivity index (χ1v) is 5.27. The Bertz CT molecular complexity index is 295. The summed E-state index contributed by atoms with van der Waals surface area (Å²) in [6.07, 6.45) is 1.53. The second kappa shape index (κ2) is 4.50. The molecule has 1 aromatic heterocycles. The summed E-state index contributed by atoms with van der Waals surface area (Å²) in [5, 5.41) is 1.38. The molecule has 72 valence electrons. The molecule has 0 aliphatic heterocycles. The van der Waals surface area contributed by atoms with E-state index in [0.29, 0.717) is 15.1 Å². The van der Waals surface area contributed by atoms with Crippen LogP contribution in [0.4, 0.5) is 0 Å². The van der Waals surface area contributed by atoms with Gasteiger partial charge in [0.1, 0.15) is 0 Å². The molecule has 0 radical (unpaired) electrons. The van der Waals surface area contributed by atoms with Gasteiger partial charge in [0.25, 0.3) is 0 Å². The summed E-state index contributed by atoms with van der Waals surface area (Å²) in [6.45, 7) is 3.97. The first-order valence-electron chi connectivity index (χ1n) is 4.14. The minimum Gasteiger partial charge on any atom is -0.255 e. The quantitative estimate of drug-likeness (QED) is 0.754. The third kappa shape index (κ3) is 2.09. The van der Waals surface area contributed by atoms with Gasteiger partial charge in [0.05, 0.1) is 26.5 Å². The molecular formula is C9H10Cl3N. The van der Waals surface area contributed by atoms with Crippen molar-refractivity contribution in [3.05, 3.63) is 26.5 Å². The van der Waals surface area contributed by atoms with Crippen molar-refractivity contribution in [3.63, 3.8) is 0 Å². The minimum absolute atomic E-state index is 0.423. The minimum atomic E-state index is 0.423. The first kappa shape index (κ1) is 11.1. The molecule has 0 bridgehead atoms. The van der Waals surface area contributed by atoms with E-state index in [4.69, 9.17) is 34.8 Å². The summed E-state index contributed by atoms with van der Waals surface area (Å²) < 4.78 is 0. The van der Waals surface area contributed by atoms with Crippen molar-refractivity contribution >= 4 is 34.8 Å². The van der Waals surface area contributed by atoms with Crippen LogP contribution < -0.4 is 0 Å². The first-order chi connectivity index (χ1) is 6.11. The summed E-state index contributed by atoms with van der Waals surface area (Å²) >= 11 is 17.8. The van der Waals surface area contributed by atoms with E-state index < -0.39 is 0 Å². The maximum atomic E-state index is 5.95. The van der Waals surface area contributed by atoms with Gasteiger partial charge in [0, 0.05) is 0 Å². The summed E-state index contributed by atoms with van der Waals surface area (Å²) in [4.78, 5) is 4.32. The molecule has 0 spiro atoms. The van der Waals surface area contributed by atoms with Crippen molar-refractivity contribution in [3.8, 4) is 0 Å². The molecule has 0 N–H and O–H groups in total. The molecule has 0 aromatic carbocycles. The average molecular weight is 239 g/mol. The Kier molecular flexibility index (Phi) is 3.84. The monoisotopic (exact) mass is 237 g/mol. The van der Waals surface area contributed by atoms with E-state index in [1.807, 2.05) is 13.8 Å². The number of pyridine rings is 1. The number of halogens is 3. The zero-order valence-electron chi connectivity index (χ0n) is 7.50. The number of hydrogen-bond acceptors (Lipinski definition) is 1. The molecule has 0 aliphatic rings. The average Bonchev–Trinajstić information content (AvgIpc) is 2.15. The van der Waals surface area contributed by atoms with Crippen molar-refractivity contribution in [1.29, 1.82) is 0 Å². The molecule has 0 saturated carbocycles. The van der Waals surface area contributed by atoms with Crippen molar-refractivity contribution in [2.45, 2.75) is 26.7 Å². The van der Waals surface area contributed by atoms with Gasteiger partial charge >= 0.3 is 0 Å². The van der Waals surface area contributed by atoms with Gasteiger partial charge in [-0.2, -0.15) is 0 Å². The summed E-state index contributed by atoms with van der Waals surface area (Å²) in [7, 11) is 0. The molecule has 1 aromatic rings. The van der Waals surface area contributed by atoms with Crippen LogP contribution in [0.5, 0.6) is 0 Å². The second-order valence-corrected chi connectivity index (χ2v) is 3.79. The molecule has 0 atom stereocenters. The highest BCUT2D eigenvalue weighted by Crippen LogP contribution is 2.34. The highest BCUT2D eigenvalue weighted by molar-refractivity contribution is 6.48. The van der Waals surface area contributed by atoms with E-state index in [1.54, 1.807) is 0 Å². The van der Waals surface area contributed by atoms with E-state index in [9.17, 15) is 0 Å². The summed E-state index contributed by atoms with van der Waals surface area (Å²) in [6, 6.07) is 0. The Hall–Kier alpha value is 0.0200.